The van der Waals surface area contributed by atoms with Crippen molar-refractivity contribution in [2.75, 3.05) is 19.8 Å². The Morgan fingerprint density at radius 3 is 2.43 bits per heavy atom. The smallest absolute Gasteiger partial charge is 0.163 e. The summed E-state index contributed by atoms with van der Waals surface area (Å²) in [4.78, 5) is 4.83. The van der Waals surface area contributed by atoms with Gasteiger partial charge in [-0.1, -0.05) is 20.8 Å². The molecule has 0 fully saturated rings. The third-order valence-electron chi connectivity index (χ3n) is 3.81. The van der Waals surface area contributed by atoms with Gasteiger partial charge in [-0.05, 0) is 6.92 Å². The van der Waals surface area contributed by atoms with Crippen LogP contribution in [0.25, 0.3) is 11.0 Å². The molecule has 1 unspecified atom stereocenters. The van der Waals surface area contributed by atoms with Gasteiger partial charge in [-0.3, -0.25) is 0 Å². The molecule has 2 heterocycles. The maximum atomic E-state index is 5.90. The molecule has 1 aromatic carbocycles. The van der Waals surface area contributed by atoms with Gasteiger partial charge in [0.2, 0.25) is 0 Å². The van der Waals surface area contributed by atoms with E-state index < -0.39 is 0 Å². The van der Waals surface area contributed by atoms with Crippen LogP contribution in [0.1, 0.15) is 39.6 Å². The van der Waals surface area contributed by atoms with Gasteiger partial charge >= 0.3 is 0 Å². The highest BCUT2D eigenvalue weighted by atomic mass is 16.6. The lowest BCUT2D eigenvalue weighted by molar-refractivity contribution is 0.172. The van der Waals surface area contributed by atoms with E-state index >= 15 is 0 Å². The van der Waals surface area contributed by atoms with Crippen molar-refractivity contribution in [3.63, 3.8) is 0 Å². The van der Waals surface area contributed by atoms with Crippen LogP contribution in [-0.4, -0.2) is 29.3 Å². The van der Waals surface area contributed by atoms with E-state index in [-0.39, 0.29) is 11.5 Å². The number of ether oxygens (including phenoxy) is 2. The Morgan fingerprint density at radius 1 is 1.24 bits per heavy atom. The Labute approximate surface area is 125 Å². The maximum absolute atomic E-state index is 5.90. The first kappa shape index (κ1) is 14.2. The van der Waals surface area contributed by atoms with Gasteiger partial charge in [-0.2, -0.15) is 0 Å². The monoisotopic (exact) mass is 289 g/mol. The van der Waals surface area contributed by atoms with Crippen LogP contribution in [0.2, 0.25) is 0 Å². The van der Waals surface area contributed by atoms with Crippen LogP contribution in [0.3, 0.4) is 0 Å². The number of nitrogens with two attached hydrogens (primary N) is 1. The predicted octanol–water partition coefficient (Wildman–Crippen LogP) is 2.62. The molecule has 3 rings (SSSR count). The third kappa shape index (κ3) is 2.35. The summed E-state index contributed by atoms with van der Waals surface area (Å²) >= 11 is 0. The number of hydrogen-bond acceptors (Lipinski definition) is 4. The molecule has 0 saturated carbocycles. The van der Waals surface area contributed by atoms with Gasteiger partial charge in [-0.25, -0.2) is 4.98 Å². The summed E-state index contributed by atoms with van der Waals surface area (Å²) in [6, 6.07) is 4.18. The van der Waals surface area contributed by atoms with Crippen molar-refractivity contribution >= 4 is 11.0 Å². The quantitative estimate of drug-likeness (QED) is 0.923. The van der Waals surface area contributed by atoms with Crippen molar-refractivity contribution in [2.24, 2.45) is 5.73 Å². The fourth-order valence-corrected chi connectivity index (χ4v) is 2.71. The molecular weight excluding hydrogens is 266 g/mol. The molecule has 0 spiro atoms. The highest BCUT2D eigenvalue weighted by Gasteiger charge is 2.26. The zero-order valence-electron chi connectivity index (χ0n) is 13.1. The van der Waals surface area contributed by atoms with E-state index in [9.17, 15) is 0 Å². The Hall–Kier alpha value is -1.75. The molecular formula is C16H23N3O2. The Morgan fingerprint density at radius 2 is 1.86 bits per heavy atom. The van der Waals surface area contributed by atoms with Gasteiger partial charge in [0.1, 0.15) is 19.0 Å². The summed E-state index contributed by atoms with van der Waals surface area (Å²) in [6.45, 7) is 10.4. The first-order valence-corrected chi connectivity index (χ1v) is 7.44. The summed E-state index contributed by atoms with van der Waals surface area (Å²) in [6.07, 6.45) is 0. The van der Waals surface area contributed by atoms with E-state index in [0.717, 1.165) is 28.4 Å². The highest BCUT2D eigenvalue weighted by Crippen LogP contribution is 2.37. The van der Waals surface area contributed by atoms with E-state index in [4.69, 9.17) is 20.2 Å². The number of benzene rings is 1. The molecule has 114 valence electrons. The first-order chi connectivity index (χ1) is 9.91. The normalized spacial score (nSPS) is 16.2. The molecule has 0 saturated heterocycles. The lowest BCUT2D eigenvalue weighted by Crippen LogP contribution is -2.24. The van der Waals surface area contributed by atoms with Crippen molar-refractivity contribution in [1.82, 2.24) is 9.55 Å². The van der Waals surface area contributed by atoms with Crippen molar-refractivity contribution in [2.45, 2.75) is 39.2 Å². The average molecular weight is 289 g/mol. The molecule has 21 heavy (non-hydrogen) atoms. The van der Waals surface area contributed by atoms with E-state index in [1.54, 1.807) is 0 Å². The van der Waals surface area contributed by atoms with E-state index in [0.29, 0.717) is 19.8 Å². The Kier molecular flexibility index (Phi) is 3.32. The summed E-state index contributed by atoms with van der Waals surface area (Å²) in [7, 11) is 0. The molecule has 0 aliphatic carbocycles. The minimum atomic E-state index is -0.0509. The fraction of sp³-hybridized carbons (Fsp3) is 0.562. The van der Waals surface area contributed by atoms with Crippen LogP contribution in [-0.2, 0) is 5.41 Å². The molecule has 1 aliphatic heterocycles. The Bertz CT molecular complexity index is 670. The lowest BCUT2D eigenvalue weighted by Gasteiger charge is -2.24. The number of imidazole rings is 1. The van der Waals surface area contributed by atoms with Crippen LogP contribution >= 0.6 is 0 Å². The maximum Gasteiger partial charge on any atom is 0.163 e. The molecule has 5 nitrogen and oxygen atoms in total. The fourth-order valence-electron chi connectivity index (χ4n) is 2.71. The van der Waals surface area contributed by atoms with Gasteiger partial charge in [0.25, 0.3) is 0 Å². The SMILES string of the molecule is CC(CN)n1c(C(C)(C)C)nc2cc3c(cc21)OCCO3. The molecule has 1 atom stereocenters. The predicted molar refractivity (Wildman–Crippen MR) is 83.2 cm³/mol. The standard InChI is InChI=1S/C16H23N3O2/c1-10(9-17)19-12-8-14-13(20-5-6-21-14)7-11(12)18-15(19)16(2,3)4/h7-8,10H,5-6,9,17H2,1-4H3. The minimum absolute atomic E-state index is 0.0509. The van der Waals surface area contributed by atoms with Gasteiger partial charge in [0, 0.05) is 30.1 Å². The van der Waals surface area contributed by atoms with Crippen molar-refractivity contribution in [3.8, 4) is 11.5 Å². The molecule has 1 aliphatic rings. The van der Waals surface area contributed by atoms with Crippen LogP contribution < -0.4 is 15.2 Å². The van der Waals surface area contributed by atoms with Crippen LogP contribution in [0.5, 0.6) is 11.5 Å². The molecule has 2 N–H and O–H groups in total. The second-order valence-corrected chi connectivity index (χ2v) is 6.62. The molecule has 0 amide bonds. The van der Waals surface area contributed by atoms with Crippen LogP contribution in [0.4, 0.5) is 0 Å². The second-order valence-electron chi connectivity index (χ2n) is 6.62. The van der Waals surface area contributed by atoms with E-state index in [1.807, 2.05) is 12.1 Å². The number of nitrogens with zero attached hydrogens (tertiary/aromatic N) is 2. The van der Waals surface area contributed by atoms with Crippen LogP contribution in [0.15, 0.2) is 12.1 Å². The van der Waals surface area contributed by atoms with Gasteiger partial charge in [0.05, 0.1) is 11.0 Å². The minimum Gasteiger partial charge on any atom is -0.486 e. The van der Waals surface area contributed by atoms with Gasteiger partial charge in [0.15, 0.2) is 11.5 Å². The number of fused-ring (bicyclic) bond motifs is 2. The first-order valence-electron chi connectivity index (χ1n) is 7.44. The topological polar surface area (TPSA) is 62.3 Å². The van der Waals surface area contributed by atoms with E-state index in [2.05, 4.69) is 32.3 Å². The summed E-state index contributed by atoms with van der Waals surface area (Å²) < 4.78 is 13.6. The number of aromatic nitrogens is 2. The van der Waals surface area contributed by atoms with Crippen molar-refractivity contribution in [3.05, 3.63) is 18.0 Å². The van der Waals surface area contributed by atoms with Crippen molar-refractivity contribution < 1.29 is 9.47 Å². The summed E-state index contributed by atoms with van der Waals surface area (Å²) in [5, 5.41) is 0. The van der Waals surface area contributed by atoms with Crippen molar-refractivity contribution in [1.29, 1.82) is 0 Å². The summed E-state index contributed by atoms with van der Waals surface area (Å²) in [5.41, 5.74) is 7.84. The Balaban J connectivity index is 2.27. The summed E-state index contributed by atoms with van der Waals surface area (Å²) in [5.74, 6) is 2.61. The van der Waals surface area contributed by atoms with E-state index in [1.165, 1.54) is 0 Å². The molecule has 0 radical (unpaired) electrons. The molecule has 5 heteroatoms. The number of hydrogen-bond donors (Lipinski definition) is 1. The zero-order valence-corrected chi connectivity index (χ0v) is 13.1. The van der Waals surface area contributed by atoms with Crippen LogP contribution in [0, 0.1) is 0 Å². The van der Waals surface area contributed by atoms with Gasteiger partial charge in [-0.15, -0.1) is 0 Å². The third-order valence-corrected chi connectivity index (χ3v) is 3.81. The van der Waals surface area contributed by atoms with Gasteiger partial charge < -0.3 is 19.8 Å². The lowest BCUT2D eigenvalue weighted by atomic mass is 9.95. The zero-order chi connectivity index (χ0) is 15.2. The second kappa shape index (κ2) is 4.91. The molecule has 0 bridgehead atoms. The highest BCUT2D eigenvalue weighted by molar-refractivity contribution is 5.81. The largest absolute Gasteiger partial charge is 0.486 e. The molecule has 1 aromatic heterocycles. The number of rotatable bonds is 2. The average Bonchev–Trinajstić information content (AvgIpc) is 2.82. The molecule has 2 aromatic rings.